The number of H-pyrrole nitrogens is 1. The van der Waals surface area contributed by atoms with E-state index in [1.165, 1.54) is 6.07 Å². The van der Waals surface area contributed by atoms with Crippen LogP contribution in [0.2, 0.25) is 5.02 Å². The number of hydrogen-bond acceptors (Lipinski definition) is 9. The van der Waals surface area contributed by atoms with E-state index in [1.807, 2.05) is 24.3 Å². The van der Waals surface area contributed by atoms with Crippen molar-refractivity contribution in [3.05, 3.63) is 64.1 Å². The van der Waals surface area contributed by atoms with Crippen LogP contribution in [-0.4, -0.2) is 71.8 Å². The van der Waals surface area contributed by atoms with Crippen LogP contribution in [0.15, 0.2) is 36.5 Å². The van der Waals surface area contributed by atoms with Crippen LogP contribution in [0.5, 0.6) is 17.5 Å². The van der Waals surface area contributed by atoms with E-state index in [9.17, 15) is 0 Å². The van der Waals surface area contributed by atoms with Gasteiger partial charge in [-0.2, -0.15) is 15.1 Å². The SMILES string of the molecule is C#Cc1ccc(COc2c(-c3c(C)c(F)cc4[nH]ncc34)c(Cl)c3c4c(nc(OCC5(COC)CC5)nc24)N2C4CN[C@@H](C4)C2CO3)cc1. The Morgan fingerprint density at radius 2 is 2.00 bits per heavy atom. The maximum atomic E-state index is 15.6. The van der Waals surface area contributed by atoms with Crippen LogP contribution in [0.3, 0.4) is 0 Å². The van der Waals surface area contributed by atoms with E-state index in [-0.39, 0.29) is 36.2 Å². The molecule has 0 radical (unpaired) electrons. The minimum atomic E-state index is -0.408. The molecule has 2 bridgehead atoms. The quantitative estimate of drug-likeness (QED) is 0.183. The smallest absolute Gasteiger partial charge is 0.319 e. The second kappa shape index (κ2) is 11.5. The molecule has 49 heavy (non-hydrogen) atoms. The van der Waals surface area contributed by atoms with Crippen LogP contribution < -0.4 is 24.4 Å². The van der Waals surface area contributed by atoms with E-state index < -0.39 is 5.82 Å². The third-order valence-electron chi connectivity index (χ3n) is 10.6. The van der Waals surface area contributed by atoms with Gasteiger partial charge in [0.2, 0.25) is 0 Å². The Morgan fingerprint density at radius 1 is 1.16 bits per heavy atom. The Morgan fingerprint density at radius 3 is 2.78 bits per heavy atom. The van der Waals surface area contributed by atoms with Gasteiger partial charge in [0.05, 0.1) is 41.4 Å². The summed E-state index contributed by atoms with van der Waals surface area (Å²) in [4.78, 5) is 12.5. The number of nitrogens with zero attached hydrogens (tertiary/aromatic N) is 4. The molecular formula is C37H34ClFN6O4. The van der Waals surface area contributed by atoms with Crippen molar-refractivity contribution in [1.29, 1.82) is 0 Å². The van der Waals surface area contributed by atoms with Gasteiger partial charge in [0, 0.05) is 53.2 Å². The van der Waals surface area contributed by atoms with Crippen LogP contribution in [0.1, 0.15) is 36.0 Å². The summed E-state index contributed by atoms with van der Waals surface area (Å²) in [6.07, 6.45) is 10.3. The van der Waals surface area contributed by atoms with Gasteiger partial charge in [0.25, 0.3) is 0 Å². The van der Waals surface area contributed by atoms with Gasteiger partial charge < -0.3 is 29.2 Å². The van der Waals surface area contributed by atoms with Crippen molar-refractivity contribution in [3.63, 3.8) is 0 Å². The minimum absolute atomic E-state index is 0.0235. The monoisotopic (exact) mass is 680 g/mol. The van der Waals surface area contributed by atoms with Crippen LogP contribution >= 0.6 is 11.6 Å². The van der Waals surface area contributed by atoms with Crippen LogP contribution in [0.4, 0.5) is 10.2 Å². The first-order chi connectivity index (χ1) is 23.9. The Balaban J connectivity index is 1.30. The van der Waals surface area contributed by atoms with Gasteiger partial charge >= 0.3 is 6.01 Å². The number of anilines is 1. The number of benzene rings is 3. The Kier molecular flexibility index (Phi) is 7.13. The Hall–Kier alpha value is -4.63. The van der Waals surface area contributed by atoms with Gasteiger partial charge in [-0.25, -0.2) is 4.39 Å². The average Bonchev–Trinajstić information content (AvgIpc) is 3.37. The first-order valence-electron chi connectivity index (χ1n) is 16.5. The lowest BCUT2D eigenvalue weighted by atomic mass is 9.93. The maximum absolute atomic E-state index is 15.6. The van der Waals surface area contributed by atoms with Crippen molar-refractivity contribution in [2.24, 2.45) is 5.41 Å². The summed E-state index contributed by atoms with van der Waals surface area (Å²) in [5.41, 5.74) is 3.98. The van der Waals surface area contributed by atoms with E-state index in [4.69, 9.17) is 46.9 Å². The molecule has 2 saturated heterocycles. The fourth-order valence-electron chi connectivity index (χ4n) is 7.77. The zero-order valence-corrected chi connectivity index (χ0v) is 27.9. The van der Waals surface area contributed by atoms with E-state index in [0.717, 1.165) is 36.9 Å². The molecule has 3 aromatic carbocycles. The number of methoxy groups -OCH3 is 1. The number of aromatic amines is 1. The minimum Gasteiger partial charge on any atom is -0.489 e. The molecule has 1 aliphatic carbocycles. The molecule has 2 aromatic heterocycles. The number of rotatable bonds is 9. The lowest BCUT2D eigenvalue weighted by molar-refractivity contribution is 0.101. The summed E-state index contributed by atoms with van der Waals surface area (Å²) in [7, 11) is 1.71. The van der Waals surface area contributed by atoms with Crippen LogP contribution in [0, 0.1) is 30.5 Å². The summed E-state index contributed by atoms with van der Waals surface area (Å²) < 4.78 is 41.0. The summed E-state index contributed by atoms with van der Waals surface area (Å²) in [6.45, 7) is 4.13. The molecule has 9 rings (SSSR count). The number of aromatic nitrogens is 4. The molecule has 10 nitrogen and oxygen atoms in total. The van der Waals surface area contributed by atoms with Crippen molar-refractivity contribution in [2.45, 2.75) is 50.9 Å². The third-order valence-corrected chi connectivity index (χ3v) is 10.9. The summed E-state index contributed by atoms with van der Waals surface area (Å²) in [5, 5.41) is 12.4. The van der Waals surface area contributed by atoms with E-state index in [1.54, 1.807) is 20.2 Å². The Bertz CT molecular complexity index is 2180. The predicted molar refractivity (Wildman–Crippen MR) is 184 cm³/mol. The van der Waals surface area contributed by atoms with Gasteiger partial charge in [-0.05, 0) is 55.5 Å². The molecule has 250 valence electrons. The number of piperazine rings is 1. The lowest BCUT2D eigenvalue weighted by Crippen LogP contribution is -2.53. The van der Waals surface area contributed by atoms with Gasteiger partial charge in [0.1, 0.15) is 30.4 Å². The van der Waals surface area contributed by atoms with E-state index in [0.29, 0.717) is 80.7 Å². The van der Waals surface area contributed by atoms with Crippen molar-refractivity contribution in [3.8, 4) is 41.0 Å². The zero-order chi connectivity index (χ0) is 33.4. The topological polar surface area (TPSA) is 107 Å². The second-order valence-electron chi connectivity index (χ2n) is 13.6. The van der Waals surface area contributed by atoms with Crippen molar-refractivity contribution in [1.82, 2.24) is 25.5 Å². The third kappa shape index (κ3) is 4.88. The fourth-order valence-corrected chi connectivity index (χ4v) is 8.10. The zero-order valence-electron chi connectivity index (χ0n) is 27.1. The number of halogens is 2. The van der Waals surface area contributed by atoms with Crippen molar-refractivity contribution < 1.29 is 23.3 Å². The normalized spacial score (nSPS) is 21.4. The molecule has 2 unspecified atom stereocenters. The number of hydrogen-bond donors (Lipinski definition) is 2. The molecule has 1 saturated carbocycles. The summed E-state index contributed by atoms with van der Waals surface area (Å²) in [6, 6.07) is 9.72. The maximum Gasteiger partial charge on any atom is 0.319 e. The molecule has 3 fully saturated rings. The van der Waals surface area contributed by atoms with Gasteiger partial charge in [-0.1, -0.05) is 29.7 Å². The number of nitrogens with one attached hydrogen (secondary N) is 2. The highest BCUT2D eigenvalue weighted by atomic mass is 35.5. The van der Waals surface area contributed by atoms with Gasteiger partial charge in [-0.3, -0.25) is 5.10 Å². The number of fused-ring (bicyclic) bond motifs is 7. The molecule has 0 amide bonds. The molecule has 3 atom stereocenters. The molecule has 5 heterocycles. The molecule has 5 aromatic rings. The Labute approximate surface area is 287 Å². The average molecular weight is 681 g/mol. The van der Waals surface area contributed by atoms with E-state index >= 15 is 4.39 Å². The molecule has 4 aliphatic rings. The summed E-state index contributed by atoms with van der Waals surface area (Å²) >= 11 is 7.45. The largest absolute Gasteiger partial charge is 0.489 e. The first-order valence-corrected chi connectivity index (χ1v) is 16.9. The summed E-state index contributed by atoms with van der Waals surface area (Å²) in [5.74, 6) is 3.75. The highest BCUT2D eigenvalue weighted by Gasteiger charge is 2.50. The van der Waals surface area contributed by atoms with Gasteiger partial charge in [-0.15, -0.1) is 6.42 Å². The second-order valence-corrected chi connectivity index (χ2v) is 14.0. The van der Waals surface area contributed by atoms with Gasteiger partial charge in [0.15, 0.2) is 11.5 Å². The highest BCUT2D eigenvalue weighted by Crippen LogP contribution is 2.55. The highest BCUT2D eigenvalue weighted by molar-refractivity contribution is 6.38. The van der Waals surface area contributed by atoms with Crippen molar-refractivity contribution >= 4 is 39.2 Å². The molecule has 0 spiro atoms. The molecule has 2 N–H and O–H groups in total. The molecule has 12 heteroatoms. The van der Waals surface area contributed by atoms with Crippen LogP contribution in [-0.2, 0) is 11.3 Å². The molecular weight excluding hydrogens is 647 g/mol. The van der Waals surface area contributed by atoms with E-state index in [2.05, 4.69) is 26.3 Å². The number of terminal acetylenes is 1. The van der Waals surface area contributed by atoms with Crippen molar-refractivity contribution in [2.75, 3.05) is 38.4 Å². The lowest BCUT2D eigenvalue weighted by Gasteiger charge is -2.35. The first kappa shape index (κ1) is 30.4. The molecule has 3 aliphatic heterocycles. The number of ether oxygens (including phenoxy) is 4. The predicted octanol–water partition coefficient (Wildman–Crippen LogP) is 5.95. The standard InChI is InChI=1S/C37H34ClFN6O4/c1-4-20-5-7-21(8-6-20)15-47-34-29(28-19(2)24(39)12-25-23(28)14-41-44-25)31(38)33-30-32(34)42-36(49-18-37(9-10-37)17-46-3)43-35(30)45-22-11-26(40-13-22)27(45)16-48-33/h1,5-8,12,14,22,26-27,40H,9-11,13,15-18H2,2-3H3,(H,41,44)/t22?,26-,27?/m0/s1. The fraction of sp³-hybridized carbons (Fsp3) is 0.378. The van der Waals surface area contributed by atoms with Crippen LogP contribution in [0.25, 0.3) is 32.9 Å².